The van der Waals surface area contributed by atoms with Crippen LogP contribution in [0.15, 0.2) is 36.0 Å². The standard InChI is InChI=1S/C20H30O/c1-13(2)18-17(14(3)19(4,5)6)9-8-15-12-16(21)10-11-20(15,18)7/h10-12,14,17-18H,1,8-9H2,2-7H3. The van der Waals surface area contributed by atoms with Crippen LogP contribution in [0.2, 0.25) is 0 Å². The van der Waals surface area contributed by atoms with Crippen LogP contribution < -0.4 is 0 Å². The van der Waals surface area contributed by atoms with Crippen LogP contribution in [0, 0.1) is 28.6 Å². The van der Waals surface area contributed by atoms with Gasteiger partial charge in [0.2, 0.25) is 0 Å². The molecule has 0 aromatic rings. The summed E-state index contributed by atoms with van der Waals surface area (Å²) in [6, 6.07) is 0. The number of allylic oxidation sites excluding steroid dienone is 5. The van der Waals surface area contributed by atoms with Gasteiger partial charge in [-0.1, -0.05) is 58.4 Å². The Bertz CT molecular complexity index is 514. The minimum atomic E-state index is -0.0256. The Morgan fingerprint density at radius 1 is 1.43 bits per heavy atom. The van der Waals surface area contributed by atoms with Crippen molar-refractivity contribution in [1.29, 1.82) is 0 Å². The molecule has 0 aromatic carbocycles. The molecule has 1 heteroatoms. The van der Waals surface area contributed by atoms with E-state index < -0.39 is 0 Å². The summed E-state index contributed by atoms with van der Waals surface area (Å²) < 4.78 is 0. The summed E-state index contributed by atoms with van der Waals surface area (Å²) in [7, 11) is 0. The van der Waals surface area contributed by atoms with E-state index in [-0.39, 0.29) is 11.2 Å². The molecule has 0 aromatic heterocycles. The Hall–Kier alpha value is -1.11. The molecule has 21 heavy (non-hydrogen) atoms. The van der Waals surface area contributed by atoms with E-state index in [4.69, 9.17) is 0 Å². The number of hydrogen-bond acceptors (Lipinski definition) is 1. The molecule has 2 rings (SSSR count). The van der Waals surface area contributed by atoms with Crippen molar-refractivity contribution in [3.8, 4) is 0 Å². The minimum Gasteiger partial charge on any atom is -0.290 e. The summed E-state index contributed by atoms with van der Waals surface area (Å²) in [4.78, 5) is 11.7. The van der Waals surface area contributed by atoms with Gasteiger partial charge in [-0.2, -0.15) is 0 Å². The van der Waals surface area contributed by atoms with Crippen molar-refractivity contribution in [3.63, 3.8) is 0 Å². The van der Waals surface area contributed by atoms with Gasteiger partial charge < -0.3 is 0 Å². The Labute approximate surface area is 130 Å². The summed E-state index contributed by atoms with van der Waals surface area (Å²) in [5.74, 6) is 1.83. The lowest BCUT2D eigenvalue weighted by Crippen LogP contribution is -2.44. The van der Waals surface area contributed by atoms with E-state index >= 15 is 0 Å². The first-order valence-electron chi connectivity index (χ1n) is 8.17. The third-order valence-corrected chi connectivity index (χ3v) is 5.96. The van der Waals surface area contributed by atoms with E-state index in [9.17, 15) is 4.79 Å². The van der Waals surface area contributed by atoms with Crippen LogP contribution in [0.5, 0.6) is 0 Å². The second kappa shape index (κ2) is 5.26. The average molecular weight is 286 g/mol. The van der Waals surface area contributed by atoms with E-state index in [0.29, 0.717) is 23.2 Å². The van der Waals surface area contributed by atoms with Gasteiger partial charge in [0.1, 0.15) is 0 Å². The molecule has 2 aliphatic rings. The minimum absolute atomic E-state index is 0.0256. The lowest BCUT2D eigenvalue weighted by molar-refractivity contribution is -0.110. The third kappa shape index (κ3) is 2.80. The highest BCUT2D eigenvalue weighted by Crippen LogP contribution is 2.56. The van der Waals surface area contributed by atoms with Crippen molar-refractivity contribution < 1.29 is 4.79 Å². The Morgan fingerprint density at radius 2 is 2.05 bits per heavy atom. The van der Waals surface area contributed by atoms with Crippen molar-refractivity contribution in [2.75, 3.05) is 0 Å². The van der Waals surface area contributed by atoms with Gasteiger partial charge in [-0.05, 0) is 55.1 Å². The molecule has 0 saturated heterocycles. The molecular weight excluding hydrogens is 256 g/mol. The molecular formula is C20H30O. The number of carbonyl (C=O) groups excluding carboxylic acids is 1. The van der Waals surface area contributed by atoms with Crippen LogP contribution >= 0.6 is 0 Å². The van der Waals surface area contributed by atoms with Crippen LogP contribution in [0.3, 0.4) is 0 Å². The third-order valence-electron chi connectivity index (χ3n) is 5.96. The molecule has 1 nitrogen and oxygen atoms in total. The molecule has 1 fully saturated rings. The Morgan fingerprint density at radius 3 is 2.57 bits per heavy atom. The monoisotopic (exact) mass is 286 g/mol. The van der Waals surface area contributed by atoms with Crippen molar-refractivity contribution >= 4 is 5.78 Å². The first kappa shape index (κ1) is 16.3. The van der Waals surface area contributed by atoms with Gasteiger partial charge in [-0.25, -0.2) is 0 Å². The van der Waals surface area contributed by atoms with E-state index in [1.807, 2.05) is 6.08 Å². The fourth-order valence-corrected chi connectivity index (χ4v) is 4.37. The zero-order valence-electron chi connectivity index (χ0n) is 14.5. The van der Waals surface area contributed by atoms with Gasteiger partial charge in [0.25, 0.3) is 0 Å². The molecule has 0 aliphatic heterocycles. The summed E-state index contributed by atoms with van der Waals surface area (Å²) >= 11 is 0. The van der Waals surface area contributed by atoms with Gasteiger partial charge >= 0.3 is 0 Å². The summed E-state index contributed by atoms with van der Waals surface area (Å²) in [5, 5.41) is 0. The summed E-state index contributed by atoms with van der Waals surface area (Å²) in [5.41, 5.74) is 2.83. The second-order valence-corrected chi connectivity index (χ2v) is 8.37. The Kier molecular flexibility index (Phi) is 4.08. The van der Waals surface area contributed by atoms with Crippen LogP contribution in [0.1, 0.15) is 54.4 Å². The van der Waals surface area contributed by atoms with E-state index in [1.54, 1.807) is 6.08 Å². The maximum absolute atomic E-state index is 11.7. The van der Waals surface area contributed by atoms with Crippen LogP contribution in [0.25, 0.3) is 0 Å². The highest BCUT2D eigenvalue weighted by atomic mass is 16.1. The van der Waals surface area contributed by atoms with E-state index in [1.165, 1.54) is 17.6 Å². The smallest absolute Gasteiger partial charge is 0.178 e. The quantitative estimate of drug-likeness (QED) is 0.626. The van der Waals surface area contributed by atoms with Crippen LogP contribution in [0.4, 0.5) is 0 Å². The molecule has 116 valence electrons. The van der Waals surface area contributed by atoms with E-state index in [2.05, 4.69) is 54.2 Å². The van der Waals surface area contributed by atoms with Crippen molar-refractivity contribution in [1.82, 2.24) is 0 Å². The number of carbonyl (C=O) groups is 1. The topological polar surface area (TPSA) is 17.1 Å². The van der Waals surface area contributed by atoms with Gasteiger partial charge in [-0.3, -0.25) is 4.79 Å². The highest BCUT2D eigenvalue weighted by molar-refractivity contribution is 6.01. The fraction of sp³-hybridized carbons (Fsp3) is 0.650. The highest BCUT2D eigenvalue weighted by Gasteiger charge is 2.48. The summed E-state index contributed by atoms with van der Waals surface area (Å²) in [6.07, 6.45) is 7.98. The molecule has 4 unspecified atom stereocenters. The van der Waals surface area contributed by atoms with Gasteiger partial charge in [-0.15, -0.1) is 0 Å². The number of rotatable bonds is 2. The van der Waals surface area contributed by atoms with Gasteiger partial charge in [0.15, 0.2) is 5.78 Å². The largest absolute Gasteiger partial charge is 0.290 e. The zero-order valence-corrected chi connectivity index (χ0v) is 14.5. The van der Waals surface area contributed by atoms with Crippen molar-refractivity contribution in [2.45, 2.75) is 54.4 Å². The molecule has 0 bridgehead atoms. The molecule has 4 atom stereocenters. The maximum Gasteiger partial charge on any atom is 0.178 e. The molecule has 2 aliphatic carbocycles. The lowest BCUT2D eigenvalue weighted by atomic mass is 9.52. The van der Waals surface area contributed by atoms with Gasteiger partial charge in [0.05, 0.1) is 0 Å². The average Bonchev–Trinajstić information content (AvgIpc) is 2.35. The number of fused-ring (bicyclic) bond motifs is 1. The molecule has 0 heterocycles. The Balaban J connectivity index is 2.45. The first-order chi connectivity index (χ1) is 9.57. The van der Waals surface area contributed by atoms with Gasteiger partial charge in [0, 0.05) is 5.41 Å². The lowest BCUT2D eigenvalue weighted by Gasteiger charge is -2.52. The van der Waals surface area contributed by atoms with E-state index in [0.717, 1.165) is 6.42 Å². The van der Waals surface area contributed by atoms with Crippen LogP contribution in [-0.2, 0) is 4.79 Å². The molecule has 0 radical (unpaired) electrons. The molecule has 1 saturated carbocycles. The zero-order chi connectivity index (χ0) is 16.0. The number of ketones is 1. The maximum atomic E-state index is 11.7. The van der Waals surface area contributed by atoms with Crippen LogP contribution in [-0.4, -0.2) is 5.78 Å². The molecule has 0 spiro atoms. The molecule has 0 N–H and O–H groups in total. The molecule has 0 amide bonds. The fourth-order valence-electron chi connectivity index (χ4n) is 4.37. The SMILES string of the molecule is C=C(C)C1C(C(C)C(C)(C)C)CCC2=CC(=O)C=CC21C. The predicted octanol–water partition coefficient (Wildman–Crippen LogP) is 5.34. The second-order valence-electron chi connectivity index (χ2n) is 8.37. The predicted molar refractivity (Wildman–Crippen MR) is 90.0 cm³/mol. The van der Waals surface area contributed by atoms with Crippen molar-refractivity contribution in [2.24, 2.45) is 28.6 Å². The summed E-state index contributed by atoms with van der Waals surface area (Å²) in [6.45, 7) is 18.1. The first-order valence-corrected chi connectivity index (χ1v) is 8.17. The number of hydrogen-bond donors (Lipinski definition) is 0. The van der Waals surface area contributed by atoms with Crippen molar-refractivity contribution in [3.05, 3.63) is 36.0 Å². The normalized spacial score (nSPS) is 34.2.